The molecule has 1 heterocycles. The predicted molar refractivity (Wildman–Crippen MR) is 78.2 cm³/mol. The van der Waals surface area contributed by atoms with E-state index in [-0.39, 0.29) is 22.2 Å². The quantitative estimate of drug-likeness (QED) is 0.789. The molecule has 0 spiro atoms. The fourth-order valence-corrected chi connectivity index (χ4v) is 4.39. The summed E-state index contributed by atoms with van der Waals surface area (Å²) in [4.78, 5) is 0.103. The molecule has 0 amide bonds. The predicted octanol–water partition coefficient (Wildman–Crippen LogP) is 2.60. The van der Waals surface area contributed by atoms with Crippen LogP contribution in [0.3, 0.4) is 0 Å². The van der Waals surface area contributed by atoms with E-state index in [4.69, 9.17) is 10.2 Å². The molecule has 0 saturated heterocycles. The fraction of sp³-hybridized carbons (Fsp3) is 0.667. The van der Waals surface area contributed by atoms with Crippen LogP contribution in [0.1, 0.15) is 39.4 Å². The van der Waals surface area contributed by atoms with Gasteiger partial charge in [-0.15, -0.1) is 0 Å². The van der Waals surface area contributed by atoms with Crippen LogP contribution in [0.4, 0.5) is 0 Å². The van der Waals surface area contributed by atoms with Crippen molar-refractivity contribution < 1.29 is 12.8 Å². The molecular weight excluding hydrogens is 332 g/mol. The van der Waals surface area contributed by atoms with Gasteiger partial charge in [-0.05, 0) is 28.8 Å². The Morgan fingerprint density at radius 3 is 2.42 bits per heavy atom. The van der Waals surface area contributed by atoms with Crippen LogP contribution in [0.15, 0.2) is 20.0 Å². The first kappa shape index (κ1) is 16.7. The van der Waals surface area contributed by atoms with Crippen LogP contribution in [-0.4, -0.2) is 14.5 Å². The highest BCUT2D eigenvalue weighted by molar-refractivity contribution is 9.10. The van der Waals surface area contributed by atoms with Crippen molar-refractivity contribution in [2.75, 3.05) is 0 Å². The Labute approximate surface area is 123 Å². The van der Waals surface area contributed by atoms with Crippen molar-refractivity contribution in [3.8, 4) is 0 Å². The molecule has 0 saturated carbocycles. The summed E-state index contributed by atoms with van der Waals surface area (Å²) in [5.41, 5.74) is 5.44. The van der Waals surface area contributed by atoms with Gasteiger partial charge in [-0.1, -0.05) is 26.7 Å². The average molecular weight is 353 g/mol. The van der Waals surface area contributed by atoms with Crippen molar-refractivity contribution in [3.63, 3.8) is 0 Å². The van der Waals surface area contributed by atoms with E-state index >= 15 is 0 Å². The summed E-state index contributed by atoms with van der Waals surface area (Å²) in [6.45, 7) is 6.15. The molecule has 5 nitrogen and oxygen atoms in total. The second-order valence-corrected chi connectivity index (χ2v) is 6.94. The van der Waals surface area contributed by atoms with E-state index in [9.17, 15) is 8.42 Å². The Bertz CT molecular complexity index is 509. The number of halogens is 1. The van der Waals surface area contributed by atoms with Crippen LogP contribution in [0.2, 0.25) is 0 Å². The zero-order chi connectivity index (χ0) is 14.6. The number of nitrogens with two attached hydrogens (primary N) is 1. The molecule has 0 aliphatic rings. The van der Waals surface area contributed by atoms with E-state index in [1.54, 1.807) is 0 Å². The molecule has 1 aromatic rings. The standard InChI is InChI=1S/C12H21BrN2O3S/c1-4-9(5-2)8(3)15-19(16,17)11-6-10(7-14)18-12(11)13/h6,8-9,15H,4-5,7,14H2,1-3H3. The van der Waals surface area contributed by atoms with Crippen molar-refractivity contribution in [1.82, 2.24) is 4.72 Å². The Morgan fingerprint density at radius 1 is 1.42 bits per heavy atom. The summed E-state index contributed by atoms with van der Waals surface area (Å²) in [6, 6.07) is 1.33. The van der Waals surface area contributed by atoms with Crippen LogP contribution < -0.4 is 10.5 Å². The number of sulfonamides is 1. The smallest absolute Gasteiger partial charge is 0.245 e. The molecule has 1 aromatic heterocycles. The zero-order valence-corrected chi connectivity index (χ0v) is 13.8. The minimum absolute atomic E-state index is 0.103. The van der Waals surface area contributed by atoms with Crippen LogP contribution in [0.5, 0.6) is 0 Å². The molecule has 0 aliphatic carbocycles. The third-order valence-corrected chi connectivity index (χ3v) is 5.71. The van der Waals surface area contributed by atoms with Gasteiger partial charge in [-0.3, -0.25) is 0 Å². The van der Waals surface area contributed by atoms with Crippen molar-refractivity contribution in [2.24, 2.45) is 11.7 Å². The average Bonchev–Trinajstić information content (AvgIpc) is 2.72. The monoisotopic (exact) mass is 352 g/mol. The Hall–Kier alpha value is -0.370. The lowest BCUT2D eigenvalue weighted by Crippen LogP contribution is -2.37. The summed E-state index contributed by atoms with van der Waals surface area (Å²) in [5, 5.41) is 0. The second kappa shape index (κ2) is 6.88. The van der Waals surface area contributed by atoms with E-state index in [1.165, 1.54) is 6.07 Å². The normalized spacial score (nSPS) is 14.0. The SMILES string of the molecule is CCC(CC)C(C)NS(=O)(=O)c1cc(CN)oc1Br. The van der Waals surface area contributed by atoms with Crippen molar-refractivity contribution in [1.29, 1.82) is 0 Å². The highest BCUT2D eigenvalue weighted by Crippen LogP contribution is 2.26. The third kappa shape index (κ3) is 4.05. The topological polar surface area (TPSA) is 85.3 Å². The van der Waals surface area contributed by atoms with E-state index in [0.29, 0.717) is 11.7 Å². The summed E-state index contributed by atoms with van der Waals surface area (Å²) in [5.74, 6) is 0.747. The molecule has 110 valence electrons. The van der Waals surface area contributed by atoms with Gasteiger partial charge in [0.05, 0.1) is 6.54 Å². The Morgan fingerprint density at radius 2 is 2.00 bits per heavy atom. The molecule has 0 aromatic carbocycles. The highest BCUT2D eigenvalue weighted by Gasteiger charge is 2.26. The van der Waals surface area contributed by atoms with Crippen molar-refractivity contribution in [3.05, 3.63) is 16.5 Å². The molecule has 19 heavy (non-hydrogen) atoms. The van der Waals surface area contributed by atoms with Crippen LogP contribution in [0, 0.1) is 5.92 Å². The molecule has 0 radical (unpaired) electrons. The Kier molecular flexibility index (Phi) is 6.04. The molecule has 1 unspecified atom stereocenters. The number of furan rings is 1. The number of nitrogens with one attached hydrogen (secondary N) is 1. The van der Waals surface area contributed by atoms with E-state index in [2.05, 4.69) is 34.5 Å². The number of hydrogen-bond acceptors (Lipinski definition) is 4. The summed E-state index contributed by atoms with van der Waals surface area (Å²) < 4.78 is 32.7. The molecule has 0 aliphatic heterocycles. The van der Waals surface area contributed by atoms with Gasteiger partial charge in [-0.25, -0.2) is 13.1 Å². The highest BCUT2D eigenvalue weighted by atomic mass is 79.9. The largest absolute Gasteiger partial charge is 0.452 e. The van der Waals surface area contributed by atoms with E-state index in [1.807, 2.05) is 6.92 Å². The second-order valence-electron chi connectivity index (χ2n) is 4.54. The van der Waals surface area contributed by atoms with E-state index < -0.39 is 10.0 Å². The van der Waals surface area contributed by atoms with Gasteiger partial charge in [-0.2, -0.15) is 0 Å². The molecule has 0 bridgehead atoms. The van der Waals surface area contributed by atoms with Gasteiger partial charge in [0.25, 0.3) is 0 Å². The van der Waals surface area contributed by atoms with Gasteiger partial charge >= 0.3 is 0 Å². The van der Waals surface area contributed by atoms with Crippen LogP contribution in [0.25, 0.3) is 0 Å². The molecule has 1 atom stereocenters. The summed E-state index contributed by atoms with van der Waals surface area (Å²) in [7, 11) is -3.59. The first-order valence-electron chi connectivity index (χ1n) is 6.36. The molecule has 1 rings (SSSR count). The third-order valence-electron chi connectivity index (χ3n) is 3.29. The zero-order valence-electron chi connectivity index (χ0n) is 11.4. The van der Waals surface area contributed by atoms with Crippen molar-refractivity contribution >= 4 is 26.0 Å². The molecule has 7 heteroatoms. The van der Waals surface area contributed by atoms with Crippen LogP contribution >= 0.6 is 15.9 Å². The first-order valence-corrected chi connectivity index (χ1v) is 8.63. The maximum absolute atomic E-state index is 12.3. The fourth-order valence-electron chi connectivity index (χ4n) is 2.08. The first-order chi connectivity index (χ1) is 8.85. The minimum Gasteiger partial charge on any atom is -0.452 e. The van der Waals surface area contributed by atoms with Gasteiger partial charge in [0.15, 0.2) is 4.67 Å². The van der Waals surface area contributed by atoms with E-state index in [0.717, 1.165) is 12.8 Å². The molecular formula is C12H21BrN2O3S. The lowest BCUT2D eigenvalue weighted by Gasteiger charge is -2.21. The summed E-state index contributed by atoms with van der Waals surface area (Å²) in [6.07, 6.45) is 1.86. The maximum atomic E-state index is 12.3. The van der Waals surface area contributed by atoms with Gasteiger partial charge in [0, 0.05) is 12.1 Å². The molecule has 3 N–H and O–H groups in total. The van der Waals surface area contributed by atoms with Gasteiger partial charge < -0.3 is 10.2 Å². The number of hydrogen-bond donors (Lipinski definition) is 2. The van der Waals surface area contributed by atoms with Crippen molar-refractivity contribution in [2.45, 2.75) is 51.1 Å². The van der Waals surface area contributed by atoms with Gasteiger partial charge in [0.1, 0.15) is 10.7 Å². The molecule has 0 fully saturated rings. The van der Waals surface area contributed by atoms with Crippen LogP contribution in [-0.2, 0) is 16.6 Å². The van der Waals surface area contributed by atoms with Gasteiger partial charge in [0.2, 0.25) is 10.0 Å². The minimum atomic E-state index is -3.59. The number of rotatable bonds is 7. The maximum Gasteiger partial charge on any atom is 0.245 e. The summed E-state index contributed by atoms with van der Waals surface area (Å²) >= 11 is 3.11. The lowest BCUT2D eigenvalue weighted by molar-refractivity contribution is 0.390. The Balaban J connectivity index is 2.94. The lowest BCUT2D eigenvalue weighted by atomic mass is 9.96.